The monoisotopic (exact) mass is 356 g/mol. The van der Waals surface area contributed by atoms with Crippen LogP contribution in [0.2, 0.25) is 5.02 Å². The molecule has 2 aromatic rings. The van der Waals surface area contributed by atoms with Crippen molar-refractivity contribution in [2.75, 3.05) is 6.54 Å². The Kier molecular flexibility index (Phi) is 5.52. The van der Waals surface area contributed by atoms with Gasteiger partial charge in [0.2, 0.25) is 0 Å². The second-order valence-electron chi connectivity index (χ2n) is 4.42. The summed E-state index contributed by atoms with van der Waals surface area (Å²) in [4.78, 5) is 4.30. The lowest BCUT2D eigenvalue weighted by atomic mass is 10.0. The first kappa shape index (κ1) is 15.4. The van der Waals surface area contributed by atoms with Crippen molar-refractivity contribution in [3.8, 4) is 0 Å². The Bertz CT molecular complexity index is 592. The van der Waals surface area contributed by atoms with Gasteiger partial charge in [-0.25, -0.2) is 4.39 Å². The van der Waals surface area contributed by atoms with E-state index < -0.39 is 0 Å². The third-order valence-corrected chi connectivity index (χ3v) is 3.74. The highest BCUT2D eigenvalue weighted by molar-refractivity contribution is 9.10. The molecule has 106 valence electrons. The molecule has 0 radical (unpaired) electrons. The topological polar surface area (TPSA) is 24.9 Å². The molecule has 1 aromatic carbocycles. The molecule has 0 aliphatic rings. The summed E-state index contributed by atoms with van der Waals surface area (Å²) in [7, 11) is 0. The third-order valence-electron chi connectivity index (χ3n) is 2.93. The molecular weight excluding hydrogens is 343 g/mol. The van der Waals surface area contributed by atoms with E-state index in [0.29, 0.717) is 16.3 Å². The number of nitrogens with zero attached hydrogens (tertiary/aromatic N) is 1. The van der Waals surface area contributed by atoms with E-state index in [1.54, 1.807) is 30.5 Å². The number of benzene rings is 1. The van der Waals surface area contributed by atoms with Gasteiger partial charge in [-0.2, -0.15) is 0 Å². The molecule has 0 fully saturated rings. The van der Waals surface area contributed by atoms with Gasteiger partial charge >= 0.3 is 0 Å². The van der Waals surface area contributed by atoms with Gasteiger partial charge in [0.05, 0.1) is 16.8 Å². The highest BCUT2D eigenvalue weighted by atomic mass is 79.9. The molecule has 2 rings (SSSR count). The summed E-state index contributed by atoms with van der Waals surface area (Å²) in [5.74, 6) is -0.275. The Morgan fingerprint density at radius 1 is 1.40 bits per heavy atom. The van der Waals surface area contributed by atoms with Gasteiger partial charge < -0.3 is 5.32 Å². The smallest absolute Gasteiger partial charge is 0.128 e. The fourth-order valence-electron chi connectivity index (χ4n) is 1.99. The molecule has 1 aromatic heterocycles. The molecule has 1 heterocycles. The van der Waals surface area contributed by atoms with Crippen molar-refractivity contribution < 1.29 is 4.39 Å². The van der Waals surface area contributed by atoms with Gasteiger partial charge in [0.25, 0.3) is 0 Å². The average molecular weight is 358 g/mol. The molecule has 0 saturated heterocycles. The number of hydrogen-bond acceptors (Lipinski definition) is 2. The minimum Gasteiger partial charge on any atom is -0.305 e. The predicted octanol–water partition coefficient (Wildman–Crippen LogP) is 4.73. The minimum atomic E-state index is -0.360. The van der Waals surface area contributed by atoms with Gasteiger partial charge in [-0.05, 0) is 43.3 Å². The van der Waals surface area contributed by atoms with Gasteiger partial charge in [-0.15, -0.1) is 0 Å². The SMILES string of the molecule is CCCNC(c1cc(Br)ccc1F)c1ncccc1Cl. The molecule has 1 unspecified atom stereocenters. The van der Waals surface area contributed by atoms with Crippen molar-refractivity contribution in [1.82, 2.24) is 10.3 Å². The number of pyridine rings is 1. The number of aromatic nitrogens is 1. The van der Waals surface area contributed by atoms with Crippen LogP contribution in [0.15, 0.2) is 41.0 Å². The van der Waals surface area contributed by atoms with Gasteiger partial charge in [0.15, 0.2) is 0 Å². The molecule has 1 atom stereocenters. The van der Waals surface area contributed by atoms with E-state index in [0.717, 1.165) is 17.4 Å². The first-order valence-corrected chi connectivity index (χ1v) is 7.59. The maximum atomic E-state index is 14.1. The van der Waals surface area contributed by atoms with Crippen molar-refractivity contribution in [3.05, 3.63) is 63.1 Å². The number of hydrogen-bond donors (Lipinski definition) is 1. The van der Waals surface area contributed by atoms with E-state index in [1.165, 1.54) is 6.07 Å². The normalized spacial score (nSPS) is 12.4. The van der Waals surface area contributed by atoms with Crippen LogP contribution in [0.25, 0.3) is 0 Å². The zero-order chi connectivity index (χ0) is 14.5. The largest absolute Gasteiger partial charge is 0.305 e. The van der Waals surface area contributed by atoms with Crippen LogP contribution in [0.5, 0.6) is 0 Å². The van der Waals surface area contributed by atoms with E-state index in [2.05, 4.69) is 33.2 Å². The first-order chi connectivity index (χ1) is 9.63. The third kappa shape index (κ3) is 3.57. The van der Waals surface area contributed by atoms with Gasteiger partial charge in [-0.3, -0.25) is 4.98 Å². The summed E-state index contributed by atoms with van der Waals surface area (Å²) < 4.78 is 15.0. The van der Waals surface area contributed by atoms with Crippen molar-refractivity contribution in [1.29, 1.82) is 0 Å². The van der Waals surface area contributed by atoms with Crippen molar-refractivity contribution in [2.24, 2.45) is 0 Å². The molecule has 0 bridgehead atoms. The van der Waals surface area contributed by atoms with Crippen molar-refractivity contribution in [2.45, 2.75) is 19.4 Å². The van der Waals surface area contributed by atoms with E-state index in [9.17, 15) is 4.39 Å². The molecule has 0 aliphatic carbocycles. The molecule has 0 aliphatic heterocycles. The number of rotatable bonds is 5. The van der Waals surface area contributed by atoms with Crippen LogP contribution in [0, 0.1) is 5.82 Å². The molecule has 2 nitrogen and oxygen atoms in total. The van der Waals surface area contributed by atoms with E-state index >= 15 is 0 Å². The summed E-state index contributed by atoms with van der Waals surface area (Å²) in [5.41, 5.74) is 1.17. The van der Waals surface area contributed by atoms with E-state index in [4.69, 9.17) is 11.6 Å². The van der Waals surface area contributed by atoms with Crippen molar-refractivity contribution >= 4 is 27.5 Å². The molecule has 20 heavy (non-hydrogen) atoms. The zero-order valence-corrected chi connectivity index (χ0v) is 13.4. The second-order valence-corrected chi connectivity index (χ2v) is 5.75. The lowest BCUT2D eigenvalue weighted by Gasteiger charge is -2.20. The minimum absolute atomic E-state index is 0.275. The fraction of sp³-hybridized carbons (Fsp3) is 0.267. The van der Waals surface area contributed by atoms with Crippen LogP contribution in [0.3, 0.4) is 0 Å². The lowest BCUT2D eigenvalue weighted by Crippen LogP contribution is -2.25. The molecule has 5 heteroatoms. The Morgan fingerprint density at radius 3 is 2.90 bits per heavy atom. The fourth-order valence-corrected chi connectivity index (χ4v) is 2.60. The van der Waals surface area contributed by atoms with Crippen molar-refractivity contribution in [3.63, 3.8) is 0 Å². The Labute approximate surface area is 131 Å². The van der Waals surface area contributed by atoms with Crippen LogP contribution in [-0.2, 0) is 0 Å². The standard InChI is InChI=1S/C15H15BrClFN2/c1-2-7-19-14(15-12(17)4-3-8-20-15)11-9-10(16)5-6-13(11)18/h3-6,8-9,14,19H,2,7H2,1H3. The summed E-state index contributed by atoms with van der Waals surface area (Å²) in [5, 5.41) is 3.83. The second kappa shape index (κ2) is 7.16. The van der Waals surface area contributed by atoms with Crippen LogP contribution in [-0.4, -0.2) is 11.5 Å². The summed E-state index contributed by atoms with van der Waals surface area (Å²) >= 11 is 9.58. The van der Waals surface area contributed by atoms with E-state index in [1.807, 2.05) is 0 Å². The zero-order valence-electron chi connectivity index (χ0n) is 11.0. The van der Waals surface area contributed by atoms with E-state index in [-0.39, 0.29) is 11.9 Å². The maximum Gasteiger partial charge on any atom is 0.128 e. The van der Waals surface area contributed by atoms with Crippen LogP contribution < -0.4 is 5.32 Å². The maximum absolute atomic E-state index is 14.1. The van der Waals surface area contributed by atoms with Crippen LogP contribution in [0.4, 0.5) is 4.39 Å². The molecule has 0 saturated carbocycles. The lowest BCUT2D eigenvalue weighted by molar-refractivity contribution is 0.539. The predicted molar refractivity (Wildman–Crippen MR) is 83.5 cm³/mol. The van der Waals surface area contributed by atoms with Gasteiger partial charge in [-0.1, -0.05) is 34.5 Å². The summed E-state index contributed by atoms with van der Waals surface area (Å²) in [6, 6.07) is 8.04. The Morgan fingerprint density at radius 2 is 2.20 bits per heavy atom. The highest BCUT2D eigenvalue weighted by Crippen LogP contribution is 2.29. The van der Waals surface area contributed by atoms with Gasteiger partial charge in [0, 0.05) is 16.2 Å². The molecular formula is C15H15BrClFN2. The van der Waals surface area contributed by atoms with Crippen LogP contribution in [0.1, 0.15) is 30.6 Å². The molecule has 1 N–H and O–H groups in total. The first-order valence-electron chi connectivity index (χ1n) is 6.42. The van der Waals surface area contributed by atoms with Crippen LogP contribution >= 0.6 is 27.5 Å². The Balaban J connectivity index is 2.47. The Hall–Kier alpha value is -0.970. The number of nitrogens with one attached hydrogen (secondary N) is 1. The molecule has 0 amide bonds. The average Bonchev–Trinajstić information content (AvgIpc) is 2.44. The van der Waals surface area contributed by atoms with Gasteiger partial charge in [0.1, 0.15) is 5.82 Å². The molecule has 0 spiro atoms. The quantitative estimate of drug-likeness (QED) is 0.837. The highest BCUT2D eigenvalue weighted by Gasteiger charge is 2.21. The number of halogens is 3. The summed E-state index contributed by atoms with van der Waals surface area (Å²) in [6.45, 7) is 2.81. The summed E-state index contributed by atoms with van der Waals surface area (Å²) in [6.07, 6.45) is 2.61.